The minimum Gasteiger partial charge on any atom is -0.378 e. The van der Waals surface area contributed by atoms with Gasteiger partial charge < -0.3 is 15.0 Å². The number of morpholine rings is 1. The fourth-order valence-electron chi connectivity index (χ4n) is 4.40. The van der Waals surface area contributed by atoms with Crippen molar-refractivity contribution in [2.24, 2.45) is 0 Å². The highest BCUT2D eigenvalue weighted by Crippen LogP contribution is 2.28. The minimum absolute atomic E-state index is 0.289. The van der Waals surface area contributed by atoms with E-state index in [2.05, 4.69) is 36.4 Å². The quantitative estimate of drug-likeness (QED) is 0.360. The average molecular weight is 495 g/mol. The van der Waals surface area contributed by atoms with Crippen LogP contribution in [0, 0.1) is 5.82 Å². The van der Waals surface area contributed by atoms with Crippen molar-refractivity contribution in [2.45, 2.75) is 0 Å². The van der Waals surface area contributed by atoms with Crippen molar-refractivity contribution < 1.29 is 13.9 Å². The van der Waals surface area contributed by atoms with E-state index < -0.39 is 0 Å². The Morgan fingerprint density at radius 1 is 0.919 bits per heavy atom. The Hall–Kier alpha value is -4.63. The Kier molecular flexibility index (Phi) is 6.03. The van der Waals surface area contributed by atoms with Crippen LogP contribution < -0.4 is 10.2 Å². The third-order valence-corrected chi connectivity index (χ3v) is 6.37. The highest BCUT2D eigenvalue weighted by Gasteiger charge is 2.17. The van der Waals surface area contributed by atoms with Crippen molar-refractivity contribution in [3.8, 4) is 22.4 Å². The fourth-order valence-corrected chi connectivity index (χ4v) is 4.40. The van der Waals surface area contributed by atoms with E-state index in [-0.39, 0.29) is 17.4 Å². The van der Waals surface area contributed by atoms with Gasteiger partial charge in [-0.1, -0.05) is 6.07 Å². The van der Waals surface area contributed by atoms with Gasteiger partial charge in [0.1, 0.15) is 5.82 Å². The van der Waals surface area contributed by atoms with Crippen molar-refractivity contribution in [2.75, 3.05) is 36.5 Å². The third-order valence-electron chi connectivity index (χ3n) is 6.37. The molecule has 0 saturated carbocycles. The van der Waals surface area contributed by atoms with Crippen LogP contribution >= 0.6 is 0 Å². The number of H-pyrrole nitrogens is 1. The smallest absolute Gasteiger partial charge is 0.276 e. The number of carbonyl (C=O) groups is 1. The number of fused-ring (bicyclic) bond motifs is 1. The van der Waals surface area contributed by atoms with Crippen LogP contribution in [0.3, 0.4) is 0 Å². The fraction of sp³-hybridized carbons (Fsp3) is 0.143. The summed E-state index contributed by atoms with van der Waals surface area (Å²) in [6.07, 6.45) is 5.25. The molecule has 1 amide bonds. The highest BCUT2D eigenvalue weighted by atomic mass is 19.1. The van der Waals surface area contributed by atoms with Gasteiger partial charge in [-0.15, -0.1) is 0 Å². The normalized spacial score (nSPS) is 13.6. The summed E-state index contributed by atoms with van der Waals surface area (Å²) in [7, 11) is 0. The monoisotopic (exact) mass is 494 g/mol. The van der Waals surface area contributed by atoms with E-state index in [0.29, 0.717) is 30.0 Å². The molecular weight excluding hydrogens is 471 g/mol. The molecule has 1 aliphatic rings. The second kappa shape index (κ2) is 9.79. The third kappa shape index (κ3) is 4.76. The van der Waals surface area contributed by atoms with Crippen LogP contribution in [0.5, 0.6) is 0 Å². The van der Waals surface area contributed by atoms with Gasteiger partial charge in [0.2, 0.25) is 0 Å². The molecular formula is C28H23FN6O2. The highest BCUT2D eigenvalue weighted by molar-refractivity contribution is 6.11. The number of amides is 1. The molecule has 0 aliphatic carbocycles. The first-order valence-corrected chi connectivity index (χ1v) is 11.9. The average Bonchev–Trinajstić information content (AvgIpc) is 3.38. The van der Waals surface area contributed by atoms with Crippen molar-refractivity contribution in [3.05, 3.63) is 90.8 Å². The summed E-state index contributed by atoms with van der Waals surface area (Å²) in [6, 6.07) is 17.6. The molecule has 1 aliphatic heterocycles. The molecule has 8 nitrogen and oxygen atoms in total. The second-order valence-electron chi connectivity index (χ2n) is 8.76. The Bertz CT molecular complexity index is 1560. The van der Waals surface area contributed by atoms with Gasteiger partial charge in [-0.05, 0) is 60.2 Å². The summed E-state index contributed by atoms with van der Waals surface area (Å²) < 4.78 is 18.6. The Balaban J connectivity index is 1.23. The maximum atomic E-state index is 13.2. The molecule has 0 bridgehead atoms. The van der Waals surface area contributed by atoms with E-state index in [4.69, 9.17) is 4.74 Å². The zero-order chi connectivity index (χ0) is 25.2. The number of benzene rings is 2. The molecule has 9 heteroatoms. The van der Waals surface area contributed by atoms with Gasteiger partial charge in [0, 0.05) is 35.8 Å². The number of halogens is 1. The van der Waals surface area contributed by atoms with E-state index in [9.17, 15) is 9.18 Å². The first kappa shape index (κ1) is 22.8. The van der Waals surface area contributed by atoms with E-state index in [1.165, 1.54) is 12.1 Å². The molecule has 184 valence electrons. The number of nitrogens with zero attached hydrogens (tertiary/aromatic N) is 4. The van der Waals surface area contributed by atoms with Gasteiger partial charge in [-0.25, -0.2) is 4.39 Å². The molecule has 4 heterocycles. The van der Waals surface area contributed by atoms with Crippen molar-refractivity contribution in [3.63, 3.8) is 0 Å². The standard InChI is InChI=1S/C28H23FN6O2/c29-21-4-1-18(2-5-21)25-8-6-22(16-31-25)32-28(36)27-24-14-19(3-7-26(24)33-34-27)20-13-23(17-30-15-20)35-9-11-37-12-10-35/h1-8,13-17H,9-12H2,(H,32,36)(H,33,34). The van der Waals surface area contributed by atoms with E-state index in [1.807, 2.05) is 30.6 Å². The van der Waals surface area contributed by atoms with Crippen LogP contribution in [-0.2, 0) is 4.74 Å². The molecule has 1 fully saturated rings. The molecule has 0 unspecified atom stereocenters. The largest absolute Gasteiger partial charge is 0.378 e. The summed E-state index contributed by atoms with van der Waals surface area (Å²) in [5.41, 5.74) is 5.99. The van der Waals surface area contributed by atoms with Crippen LogP contribution in [0.1, 0.15) is 10.5 Å². The summed E-state index contributed by atoms with van der Waals surface area (Å²) in [5, 5.41) is 10.8. The van der Waals surface area contributed by atoms with Crippen molar-refractivity contribution in [1.29, 1.82) is 0 Å². The van der Waals surface area contributed by atoms with Gasteiger partial charge in [-0.2, -0.15) is 5.10 Å². The molecule has 2 aromatic carbocycles. The van der Waals surface area contributed by atoms with Crippen LogP contribution in [0.15, 0.2) is 79.3 Å². The lowest BCUT2D eigenvalue weighted by Crippen LogP contribution is -2.36. The van der Waals surface area contributed by atoms with Gasteiger partial charge in [0.05, 0.1) is 48.2 Å². The van der Waals surface area contributed by atoms with Crippen molar-refractivity contribution in [1.82, 2.24) is 20.2 Å². The van der Waals surface area contributed by atoms with Gasteiger partial charge >= 0.3 is 0 Å². The summed E-state index contributed by atoms with van der Waals surface area (Å²) >= 11 is 0. The van der Waals surface area contributed by atoms with Crippen molar-refractivity contribution >= 4 is 28.2 Å². The number of anilines is 2. The van der Waals surface area contributed by atoms with Crippen LogP contribution in [-0.4, -0.2) is 52.4 Å². The topological polar surface area (TPSA) is 96.0 Å². The summed E-state index contributed by atoms with van der Waals surface area (Å²) in [6.45, 7) is 3.06. The summed E-state index contributed by atoms with van der Waals surface area (Å²) in [5.74, 6) is -0.650. The minimum atomic E-state index is -0.347. The lowest BCUT2D eigenvalue weighted by molar-refractivity contribution is 0.102. The molecule has 37 heavy (non-hydrogen) atoms. The van der Waals surface area contributed by atoms with Crippen LogP contribution in [0.2, 0.25) is 0 Å². The molecule has 5 aromatic rings. The van der Waals surface area contributed by atoms with E-state index in [1.54, 1.807) is 30.5 Å². The SMILES string of the molecule is O=C(Nc1ccc(-c2ccc(F)cc2)nc1)c1n[nH]c2ccc(-c3cncc(N4CCOCC4)c3)cc12. The van der Waals surface area contributed by atoms with Gasteiger partial charge in [0.15, 0.2) is 5.69 Å². The number of aromatic nitrogens is 4. The number of carbonyl (C=O) groups excluding carboxylic acids is 1. The predicted molar refractivity (Wildman–Crippen MR) is 140 cm³/mol. The maximum Gasteiger partial charge on any atom is 0.276 e. The maximum absolute atomic E-state index is 13.2. The van der Waals surface area contributed by atoms with Crippen LogP contribution in [0.25, 0.3) is 33.3 Å². The zero-order valence-corrected chi connectivity index (χ0v) is 19.8. The molecule has 3 aromatic heterocycles. The Morgan fingerprint density at radius 3 is 2.51 bits per heavy atom. The molecule has 6 rings (SSSR count). The van der Waals surface area contributed by atoms with Crippen LogP contribution in [0.4, 0.5) is 15.8 Å². The molecule has 0 atom stereocenters. The molecule has 0 spiro atoms. The lowest BCUT2D eigenvalue weighted by Gasteiger charge is -2.28. The number of hydrogen-bond donors (Lipinski definition) is 2. The Labute approximate surface area is 212 Å². The first-order chi connectivity index (χ1) is 18.1. The molecule has 1 saturated heterocycles. The number of ether oxygens (including phenoxy) is 1. The molecule has 2 N–H and O–H groups in total. The van der Waals surface area contributed by atoms with Gasteiger partial charge in [0.25, 0.3) is 5.91 Å². The number of aromatic amines is 1. The lowest BCUT2D eigenvalue weighted by atomic mass is 10.0. The number of hydrogen-bond acceptors (Lipinski definition) is 6. The first-order valence-electron chi connectivity index (χ1n) is 11.9. The number of pyridine rings is 2. The molecule has 0 radical (unpaired) electrons. The Morgan fingerprint density at radius 2 is 1.73 bits per heavy atom. The van der Waals surface area contributed by atoms with E-state index in [0.717, 1.165) is 41.0 Å². The van der Waals surface area contributed by atoms with E-state index >= 15 is 0 Å². The second-order valence-corrected chi connectivity index (χ2v) is 8.76. The van der Waals surface area contributed by atoms with Gasteiger partial charge in [-0.3, -0.25) is 19.9 Å². The summed E-state index contributed by atoms with van der Waals surface area (Å²) in [4.78, 5) is 24.2. The number of nitrogens with one attached hydrogen (secondary N) is 2. The number of rotatable bonds is 5. The predicted octanol–water partition coefficient (Wildman–Crippen LogP) is 4.91. The zero-order valence-electron chi connectivity index (χ0n) is 19.8.